The summed E-state index contributed by atoms with van der Waals surface area (Å²) in [4.78, 5) is 21.5. The zero-order chi connectivity index (χ0) is 17.8. The highest BCUT2D eigenvalue weighted by molar-refractivity contribution is 7.19. The summed E-state index contributed by atoms with van der Waals surface area (Å²) in [5.41, 5.74) is 2.90. The van der Waals surface area contributed by atoms with Gasteiger partial charge in [0.1, 0.15) is 0 Å². The van der Waals surface area contributed by atoms with Gasteiger partial charge >= 0.3 is 0 Å². The molecule has 4 aromatic rings. The van der Waals surface area contributed by atoms with Crippen molar-refractivity contribution < 1.29 is 4.79 Å². The van der Waals surface area contributed by atoms with E-state index in [-0.39, 0.29) is 11.8 Å². The molecule has 0 unspecified atom stereocenters. The Hall–Kier alpha value is -3.18. The summed E-state index contributed by atoms with van der Waals surface area (Å²) in [5.74, 6) is -0.468. The van der Waals surface area contributed by atoms with Crippen molar-refractivity contribution >= 4 is 22.4 Å². The van der Waals surface area contributed by atoms with E-state index >= 15 is 0 Å². The first-order valence-electron chi connectivity index (χ1n) is 8.31. The Balaban J connectivity index is 1.61. The first-order valence-corrected chi connectivity index (χ1v) is 9.13. The van der Waals surface area contributed by atoms with Crippen molar-refractivity contribution in [1.82, 2.24) is 9.97 Å². The van der Waals surface area contributed by atoms with E-state index < -0.39 is 0 Å². The molecule has 0 spiro atoms. The number of aromatic amines is 1. The molecule has 0 saturated heterocycles. The normalized spacial score (nSPS) is 10.8. The van der Waals surface area contributed by atoms with E-state index in [9.17, 15) is 4.79 Å². The van der Waals surface area contributed by atoms with E-state index in [1.54, 1.807) is 6.20 Å². The highest BCUT2D eigenvalue weighted by Crippen LogP contribution is 2.30. The molecule has 0 fully saturated rings. The number of rotatable bonds is 5. The second-order valence-corrected chi connectivity index (χ2v) is 6.89. The lowest BCUT2D eigenvalue weighted by Crippen LogP contribution is -2.22. The molecule has 0 atom stereocenters. The number of thiazole rings is 1. The van der Waals surface area contributed by atoms with Gasteiger partial charge in [-0.15, -0.1) is 0 Å². The Bertz CT molecular complexity index is 939. The number of nitrogens with one attached hydrogen (secondary N) is 2. The fourth-order valence-electron chi connectivity index (χ4n) is 2.90. The third-order valence-corrected chi connectivity index (χ3v) is 5.07. The number of hydrogen-bond acceptors (Lipinski definition) is 3. The quantitative estimate of drug-likeness (QED) is 0.532. The average Bonchev–Trinajstić information content (AvgIpc) is 3.35. The molecule has 4 rings (SSSR count). The van der Waals surface area contributed by atoms with Gasteiger partial charge in [-0.3, -0.25) is 4.79 Å². The second kappa shape index (κ2) is 7.37. The molecule has 0 bridgehead atoms. The number of aromatic nitrogens is 2. The van der Waals surface area contributed by atoms with E-state index in [4.69, 9.17) is 0 Å². The fourth-order valence-corrected chi connectivity index (χ4v) is 3.71. The third-order valence-electron chi connectivity index (χ3n) is 4.13. The maximum absolute atomic E-state index is 13.1. The number of H-pyrrole nitrogens is 1. The van der Waals surface area contributed by atoms with Crippen LogP contribution in [0.15, 0.2) is 85.2 Å². The van der Waals surface area contributed by atoms with Gasteiger partial charge in [0.05, 0.1) is 16.5 Å². The van der Waals surface area contributed by atoms with E-state index in [1.165, 1.54) is 11.3 Å². The number of carbonyl (C=O) groups excluding carboxylic acids is 1. The topological polar surface area (TPSA) is 57.8 Å². The predicted molar refractivity (Wildman–Crippen MR) is 105 cm³/mol. The van der Waals surface area contributed by atoms with Crippen molar-refractivity contribution in [2.75, 3.05) is 5.32 Å². The van der Waals surface area contributed by atoms with Gasteiger partial charge in [0.15, 0.2) is 5.13 Å². The third kappa shape index (κ3) is 3.43. The number of benzene rings is 2. The summed E-state index contributed by atoms with van der Waals surface area (Å²) in [6.45, 7) is 0. The highest BCUT2D eigenvalue weighted by atomic mass is 32.1. The van der Waals surface area contributed by atoms with Crippen LogP contribution in [0.1, 0.15) is 17.0 Å². The summed E-state index contributed by atoms with van der Waals surface area (Å²) in [7, 11) is 0. The molecule has 2 heterocycles. The van der Waals surface area contributed by atoms with Crippen LogP contribution >= 0.6 is 11.3 Å². The summed E-state index contributed by atoms with van der Waals surface area (Å²) in [6.07, 6.45) is 3.64. The number of carbonyl (C=O) groups is 1. The van der Waals surface area contributed by atoms with Crippen molar-refractivity contribution in [2.45, 2.75) is 5.92 Å². The van der Waals surface area contributed by atoms with Gasteiger partial charge in [0, 0.05) is 12.4 Å². The molecule has 0 aliphatic heterocycles. The van der Waals surface area contributed by atoms with Crippen LogP contribution in [-0.4, -0.2) is 15.9 Å². The lowest BCUT2D eigenvalue weighted by molar-refractivity contribution is -0.116. The number of anilines is 1. The van der Waals surface area contributed by atoms with Crippen molar-refractivity contribution in [3.63, 3.8) is 0 Å². The summed E-state index contributed by atoms with van der Waals surface area (Å²) < 4.78 is 0. The number of nitrogens with zero attached hydrogens (tertiary/aromatic N) is 1. The van der Waals surface area contributed by atoms with Crippen LogP contribution in [0.5, 0.6) is 0 Å². The molecule has 0 aliphatic rings. The van der Waals surface area contributed by atoms with E-state index in [0.29, 0.717) is 5.13 Å². The van der Waals surface area contributed by atoms with Crippen LogP contribution < -0.4 is 5.32 Å². The van der Waals surface area contributed by atoms with E-state index in [1.807, 2.05) is 79.0 Å². The minimum Gasteiger partial charge on any atom is -0.360 e. The zero-order valence-corrected chi connectivity index (χ0v) is 14.7. The minimum absolute atomic E-state index is 0.0882. The summed E-state index contributed by atoms with van der Waals surface area (Å²) in [6, 6.07) is 23.5. The lowest BCUT2D eigenvalue weighted by atomic mass is 9.90. The van der Waals surface area contributed by atoms with E-state index in [0.717, 1.165) is 21.7 Å². The maximum atomic E-state index is 13.1. The van der Waals surface area contributed by atoms with Crippen LogP contribution in [-0.2, 0) is 4.79 Å². The Morgan fingerprint density at radius 1 is 0.923 bits per heavy atom. The molecule has 2 N–H and O–H groups in total. The van der Waals surface area contributed by atoms with Gasteiger partial charge in [-0.2, -0.15) is 0 Å². The molecule has 2 aromatic heterocycles. The molecule has 1 amide bonds. The maximum Gasteiger partial charge on any atom is 0.238 e. The largest absolute Gasteiger partial charge is 0.360 e. The van der Waals surface area contributed by atoms with Crippen LogP contribution in [0.25, 0.3) is 10.6 Å². The van der Waals surface area contributed by atoms with Gasteiger partial charge in [0.25, 0.3) is 0 Å². The SMILES string of the molecule is O=C(Nc1ncc(-c2ccc[nH]2)s1)C(c1ccccc1)c1ccccc1. The highest BCUT2D eigenvalue weighted by Gasteiger charge is 2.23. The molecule has 0 radical (unpaired) electrons. The standard InChI is InChI=1S/C21H17N3OS/c25-20(24-21-23-14-18(26-21)17-12-7-13-22-17)19(15-8-3-1-4-9-15)16-10-5-2-6-11-16/h1-14,19,22H,(H,23,24,25). The van der Waals surface area contributed by atoms with Crippen LogP contribution in [0.4, 0.5) is 5.13 Å². The molecule has 0 aliphatic carbocycles. The average molecular weight is 359 g/mol. The van der Waals surface area contributed by atoms with Crippen molar-refractivity contribution in [3.05, 3.63) is 96.3 Å². The van der Waals surface area contributed by atoms with E-state index in [2.05, 4.69) is 15.3 Å². The Morgan fingerprint density at radius 3 is 2.15 bits per heavy atom. The van der Waals surface area contributed by atoms with Gasteiger partial charge < -0.3 is 10.3 Å². The molecule has 4 nitrogen and oxygen atoms in total. The molecular weight excluding hydrogens is 342 g/mol. The van der Waals surface area contributed by atoms with Gasteiger partial charge in [-0.1, -0.05) is 72.0 Å². The smallest absolute Gasteiger partial charge is 0.238 e. The zero-order valence-electron chi connectivity index (χ0n) is 13.9. The molecule has 128 valence electrons. The van der Waals surface area contributed by atoms with Crippen LogP contribution in [0.3, 0.4) is 0 Å². The molecule has 2 aromatic carbocycles. The summed E-state index contributed by atoms with van der Waals surface area (Å²) >= 11 is 1.45. The monoisotopic (exact) mass is 359 g/mol. The second-order valence-electron chi connectivity index (χ2n) is 5.86. The van der Waals surface area contributed by atoms with Crippen molar-refractivity contribution in [3.8, 4) is 10.6 Å². The molecule has 0 saturated carbocycles. The lowest BCUT2D eigenvalue weighted by Gasteiger charge is -2.17. The minimum atomic E-state index is -0.379. The number of amides is 1. The van der Waals surface area contributed by atoms with Gasteiger partial charge in [-0.25, -0.2) is 4.98 Å². The van der Waals surface area contributed by atoms with Gasteiger partial charge in [-0.05, 0) is 23.3 Å². The fraction of sp³-hybridized carbons (Fsp3) is 0.0476. The molecular formula is C21H17N3OS. The summed E-state index contributed by atoms with van der Waals surface area (Å²) in [5, 5.41) is 3.57. The van der Waals surface area contributed by atoms with Crippen molar-refractivity contribution in [2.24, 2.45) is 0 Å². The van der Waals surface area contributed by atoms with Crippen LogP contribution in [0.2, 0.25) is 0 Å². The molecule has 5 heteroatoms. The predicted octanol–water partition coefficient (Wildman–Crippen LogP) is 4.91. The molecule has 26 heavy (non-hydrogen) atoms. The number of hydrogen-bond donors (Lipinski definition) is 2. The van der Waals surface area contributed by atoms with Gasteiger partial charge in [0.2, 0.25) is 5.91 Å². The first-order chi connectivity index (χ1) is 12.8. The Labute approximate surface area is 155 Å². The first kappa shape index (κ1) is 16.3. The van der Waals surface area contributed by atoms with Crippen molar-refractivity contribution in [1.29, 1.82) is 0 Å². The Morgan fingerprint density at radius 2 is 1.58 bits per heavy atom. The Kier molecular flexibility index (Phi) is 4.62. The van der Waals surface area contributed by atoms with Crippen LogP contribution in [0, 0.1) is 0 Å².